The molecule has 12 nitrogen and oxygen atoms in total. The van der Waals surface area contributed by atoms with Crippen molar-refractivity contribution >= 4 is 36.0 Å². The summed E-state index contributed by atoms with van der Waals surface area (Å²) in [7, 11) is 0. The summed E-state index contributed by atoms with van der Waals surface area (Å²) in [5, 5.41) is 0. The number of rotatable bonds is 16. The topological polar surface area (TPSA) is 142 Å². The monoisotopic (exact) mass is 662 g/mol. The van der Waals surface area contributed by atoms with Crippen molar-refractivity contribution in [3.8, 4) is 11.5 Å². The maximum Gasteiger partial charge on any atom is 0.333 e. The third kappa shape index (κ3) is 11.0. The van der Waals surface area contributed by atoms with Crippen molar-refractivity contribution in [3.05, 3.63) is 96.1 Å². The van der Waals surface area contributed by atoms with E-state index in [1.165, 1.54) is 12.2 Å². The van der Waals surface area contributed by atoms with Gasteiger partial charge in [-0.25, -0.2) is 19.2 Å². The molecule has 2 aromatic rings. The Labute approximate surface area is 278 Å². The molecule has 2 heterocycles. The van der Waals surface area contributed by atoms with Crippen LogP contribution in [0.3, 0.4) is 0 Å². The van der Waals surface area contributed by atoms with Crippen LogP contribution >= 0.6 is 0 Å². The summed E-state index contributed by atoms with van der Waals surface area (Å²) in [5.41, 5.74) is 2.13. The highest BCUT2D eigenvalue weighted by Gasteiger charge is 2.51. The first-order valence-electron chi connectivity index (χ1n) is 15.2. The molecule has 2 saturated heterocycles. The zero-order valence-electron chi connectivity index (χ0n) is 26.8. The molecular weight excluding hydrogens is 624 g/mol. The second-order valence-electron chi connectivity index (χ2n) is 10.9. The summed E-state index contributed by atoms with van der Waals surface area (Å²) in [6.07, 6.45) is 3.38. The third-order valence-corrected chi connectivity index (χ3v) is 6.95. The Kier molecular flexibility index (Phi) is 13.1. The summed E-state index contributed by atoms with van der Waals surface area (Å²) in [6.45, 7) is 11.0. The molecule has 4 rings (SSSR count). The van der Waals surface area contributed by atoms with Crippen LogP contribution in [-0.4, -0.2) is 87.9 Å². The molecule has 0 N–H and O–H groups in total. The fourth-order valence-corrected chi connectivity index (χ4v) is 4.52. The van der Waals surface area contributed by atoms with Crippen LogP contribution in [0.1, 0.15) is 25.0 Å². The van der Waals surface area contributed by atoms with Crippen molar-refractivity contribution in [1.29, 1.82) is 0 Å². The van der Waals surface area contributed by atoms with Gasteiger partial charge in [0.05, 0.1) is 13.2 Å². The molecule has 254 valence electrons. The largest absolute Gasteiger partial charge is 0.490 e. The van der Waals surface area contributed by atoms with E-state index in [4.69, 9.17) is 37.9 Å². The lowest BCUT2D eigenvalue weighted by Crippen LogP contribution is -2.35. The maximum atomic E-state index is 12.5. The minimum atomic E-state index is -0.653. The van der Waals surface area contributed by atoms with Gasteiger partial charge < -0.3 is 37.9 Å². The average molecular weight is 663 g/mol. The Hall–Kier alpha value is -5.20. The van der Waals surface area contributed by atoms with Crippen molar-refractivity contribution in [1.82, 2.24) is 0 Å². The smallest absolute Gasteiger partial charge is 0.333 e. The predicted molar refractivity (Wildman–Crippen MR) is 173 cm³/mol. The molecule has 4 unspecified atom stereocenters. The van der Waals surface area contributed by atoms with Gasteiger partial charge in [0, 0.05) is 23.3 Å². The number of benzene rings is 2. The van der Waals surface area contributed by atoms with Crippen molar-refractivity contribution in [2.45, 2.75) is 38.3 Å². The van der Waals surface area contributed by atoms with Gasteiger partial charge in [0.2, 0.25) is 0 Å². The minimum absolute atomic E-state index is 0.100. The van der Waals surface area contributed by atoms with Gasteiger partial charge in [-0.1, -0.05) is 37.4 Å². The Balaban J connectivity index is 1.15. The Morgan fingerprint density at radius 1 is 0.646 bits per heavy atom. The van der Waals surface area contributed by atoms with E-state index in [-0.39, 0.29) is 39.6 Å². The van der Waals surface area contributed by atoms with Crippen LogP contribution in [-0.2, 0) is 47.6 Å². The number of carbonyl (C=O) groups excluding carboxylic acids is 4. The van der Waals surface area contributed by atoms with Crippen LogP contribution < -0.4 is 9.47 Å². The van der Waals surface area contributed by atoms with Gasteiger partial charge in [-0.05, 0) is 61.4 Å². The van der Waals surface area contributed by atoms with E-state index in [0.29, 0.717) is 22.6 Å². The second kappa shape index (κ2) is 17.6. The van der Waals surface area contributed by atoms with Crippen LogP contribution in [0.15, 0.2) is 85.0 Å². The standard InChI is InChI=1S/C36H38O12/c1-23(2)35(39)43-19-17-41-27-11-5-25(6-12-27)9-15-31(37)47-29-21-45-34-30(22-46-33(29)34)48-32(38)16-10-26-7-13-28(14-8-26)42-18-20-44-36(40)24(3)4/h5-16,29-30,33-34H,1,3,17-22H2,2,4H3/b15-9-,16-10+. The summed E-state index contributed by atoms with van der Waals surface area (Å²) in [4.78, 5) is 47.8. The zero-order valence-corrected chi connectivity index (χ0v) is 26.8. The molecule has 2 fully saturated rings. The van der Waals surface area contributed by atoms with Crippen molar-refractivity contribution < 1.29 is 57.1 Å². The van der Waals surface area contributed by atoms with E-state index in [1.807, 2.05) is 0 Å². The molecule has 48 heavy (non-hydrogen) atoms. The summed E-state index contributed by atoms with van der Waals surface area (Å²) in [5.74, 6) is -0.918. The number of carbonyl (C=O) groups is 4. The lowest BCUT2D eigenvalue weighted by atomic mass is 10.1. The minimum Gasteiger partial charge on any atom is -0.490 e. The zero-order chi connectivity index (χ0) is 34.5. The molecule has 0 saturated carbocycles. The van der Waals surface area contributed by atoms with Gasteiger partial charge in [-0.3, -0.25) is 0 Å². The highest BCUT2D eigenvalue weighted by Crippen LogP contribution is 2.31. The van der Waals surface area contributed by atoms with Crippen molar-refractivity contribution in [3.63, 3.8) is 0 Å². The van der Waals surface area contributed by atoms with E-state index in [0.717, 1.165) is 11.1 Å². The summed E-state index contributed by atoms with van der Waals surface area (Å²) in [6, 6.07) is 14.0. The highest BCUT2D eigenvalue weighted by atomic mass is 16.7. The number of ether oxygens (including phenoxy) is 8. The van der Waals surface area contributed by atoms with Gasteiger partial charge in [-0.15, -0.1) is 0 Å². The number of hydrogen-bond donors (Lipinski definition) is 0. The fourth-order valence-electron chi connectivity index (χ4n) is 4.52. The van der Waals surface area contributed by atoms with Gasteiger partial charge in [0.25, 0.3) is 0 Å². The Bertz CT molecular complexity index is 1410. The fraction of sp³-hybridized carbons (Fsp3) is 0.333. The molecule has 0 spiro atoms. The Morgan fingerprint density at radius 2 is 1.02 bits per heavy atom. The van der Waals surface area contributed by atoms with E-state index in [2.05, 4.69) is 13.2 Å². The summed E-state index contributed by atoms with van der Waals surface area (Å²) < 4.78 is 43.7. The number of fused-ring (bicyclic) bond motifs is 1. The highest BCUT2D eigenvalue weighted by molar-refractivity contribution is 5.88. The molecule has 2 aliphatic heterocycles. The van der Waals surface area contributed by atoms with Crippen LogP contribution in [0.2, 0.25) is 0 Å². The van der Waals surface area contributed by atoms with Gasteiger partial charge in [-0.2, -0.15) is 0 Å². The second-order valence-corrected chi connectivity index (χ2v) is 10.9. The first-order chi connectivity index (χ1) is 23.1. The molecule has 0 aromatic heterocycles. The number of hydrogen-bond acceptors (Lipinski definition) is 12. The Morgan fingerprint density at radius 3 is 1.38 bits per heavy atom. The molecule has 4 atom stereocenters. The first-order valence-corrected chi connectivity index (χ1v) is 15.2. The molecule has 0 aliphatic carbocycles. The lowest BCUT2D eigenvalue weighted by Gasteiger charge is -2.16. The van der Waals surface area contributed by atoms with Crippen LogP contribution in [0.5, 0.6) is 11.5 Å². The normalized spacial score (nSPS) is 19.8. The SMILES string of the molecule is C=C(C)C(=O)OCCOc1ccc(/C=C\C(=O)OC2COC3C(OC(=O)/C=C/c4ccc(OCCOC(=O)C(=C)C)cc4)COC23)cc1. The number of esters is 4. The first kappa shape index (κ1) is 35.7. The summed E-state index contributed by atoms with van der Waals surface area (Å²) >= 11 is 0. The van der Waals surface area contributed by atoms with E-state index in [1.54, 1.807) is 74.5 Å². The van der Waals surface area contributed by atoms with Crippen molar-refractivity contribution in [2.75, 3.05) is 39.6 Å². The molecule has 12 heteroatoms. The third-order valence-electron chi connectivity index (χ3n) is 6.95. The van der Waals surface area contributed by atoms with Gasteiger partial charge >= 0.3 is 23.9 Å². The van der Waals surface area contributed by atoms with E-state index >= 15 is 0 Å². The maximum absolute atomic E-state index is 12.5. The van der Waals surface area contributed by atoms with E-state index in [9.17, 15) is 19.2 Å². The molecule has 0 bridgehead atoms. The molecular formula is C36H38O12. The molecule has 0 amide bonds. The lowest BCUT2D eigenvalue weighted by molar-refractivity contribution is -0.149. The quantitative estimate of drug-likeness (QED) is 0.111. The molecule has 0 radical (unpaired) electrons. The van der Waals surface area contributed by atoms with Gasteiger partial charge in [0.1, 0.15) is 50.1 Å². The van der Waals surface area contributed by atoms with Crippen LogP contribution in [0.25, 0.3) is 12.2 Å². The van der Waals surface area contributed by atoms with Crippen LogP contribution in [0, 0.1) is 0 Å². The van der Waals surface area contributed by atoms with Crippen molar-refractivity contribution in [2.24, 2.45) is 0 Å². The van der Waals surface area contributed by atoms with E-state index < -0.39 is 48.3 Å². The average Bonchev–Trinajstić information content (AvgIpc) is 3.66. The molecule has 2 aliphatic rings. The van der Waals surface area contributed by atoms with Gasteiger partial charge in [0.15, 0.2) is 12.2 Å². The van der Waals surface area contributed by atoms with Crippen LogP contribution in [0.4, 0.5) is 0 Å². The molecule has 2 aromatic carbocycles. The predicted octanol–water partition coefficient (Wildman–Crippen LogP) is 4.03.